The Bertz CT molecular complexity index is 428. The molecule has 2 rings (SSSR count). The first-order chi connectivity index (χ1) is 7.72. The van der Waals surface area contributed by atoms with Gasteiger partial charge >= 0.3 is 5.91 Å². The maximum Gasteiger partial charge on any atom is 0.335 e. The molecule has 1 amide bonds. The van der Waals surface area contributed by atoms with E-state index in [4.69, 9.17) is 5.73 Å². The molecule has 7 heteroatoms. The molecule has 1 aliphatic heterocycles. The van der Waals surface area contributed by atoms with Gasteiger partial charge in [0, 0.05) is 29.4 Å². The van der Waals surface area contributed by atoms with Gasteiger partial charge in [-0.3, -0.25) is 4.79 Å². The SMILES string of the molecule is Nc1ncc(C2CCNC2)c(C(=O)N=O)n1. The molecule has 7 nitrogen and oxygen atoms in total. The zero-order valence-corrected chi connectivity index (χ0v) is 8.51. The van der Waals surface area contributed by atoms with Crippen LogP contribution in [-0.4, -0.2) is 29.0 Å². The summed E-state index contributed by atoms with van der Waals surface area (Å²) in [5.41, 5.74) is 6.05. The first-order valence-electron chi connectivity index (χ1n) is 4.93. The molecule has 1 fully saturated rings. The molecule has 0 saturated carbocycles. The molecule has 1 aliphatic rings. The largest absolute Gasteiger partial charge is 0.368 e. The highest BCUT2D eigenvalue weighted by molar-refractivity contribution is 5.94. The molecule has 1 aromatic heterocycles. The molecule has 0 bridgehead atoms. The van der Waals surface area contributed by atoms with Gasteiger partial charge in [0.1, 0.15) is 5.69 Å². The van der Waals surface area contributed by atoms with E-state index >= 15 is 0 Å². The lowest BCUT2D eigenvalue weighted by Crippen LogP contribution is -2.14. The summed E-state index contributed by atoms with van der Waals surface area (Å²) in [6.45, 7) is 1.61. The highest BCUT2D eigenvalue weighted by atomic mass is 16.3. The van der Waals surface area contributed by atoms with Gasteiger partial charge in [0.15, 0.2) is 0 Å². The average molecular weight is 221 g/mol. The molecule has 1 aromatic rings. The number of hydrogen-bond donors (Lipinski definition) is 2. The molecular weight excluding hydrogens is 210 g/mol. The number of nitrogens with two attached hydrogens (primary N) is 1. The van der Waals surface area contributed by atoms with Crippen molar-refractivity contribution in [1.29, 1.82) is 0 Å². The smallest absolute Gasteiger partial charge is 0.335 e. The number of amides is 1. The van der Waals surface area contributed by atoms with Crippen LogP contribution in [0.3, 0.4) is 0 Å². The summed E-state index contributed by atoms with van der Waals surface area (Å²) in [7, 11) is 0. The van der Waals surface area contributed by atoms with Crippen LogP contribution < -0.4 is 11.1 Å². The number of nitrogens with zero attached hydrogens (tertiary/aromatic N) is 3. The second-order valence-electron chi connectivity index (χ2n) is 3.62. The van der Waals surface area contributed by atoms with E-state index in [2.05, 4.69) is 20.5 Å². The number of nitroso groups, excluding NO2 is 1. The van der Waals surface area contributed by atoms with Gasteiger partial charge < -0.3 is 11.1 Å². The molecule has 16 heavy (non-hydrogen) atoms. The lowest BCUT2D eigenvalue weighted by atomic mass is 9.98. The highest BCUT2D eigenvalue weighted by Gasteiger charge is 2.24. The minimum absolute atomic E-state index is 0.0243. The van der Waals surface area contributed by atoms with E-state index < -0.39 is 5.91 Å². The lowest BCUT2D eigenvalue weighted by Gasteiger charge is -2.10. The number of anilines is 1. The summed E-state index contributed by atoms with van der Waals surface area (Å²) >= 11 is 0. The second-order valence-corrected chi connectivity index (χ2v) is 3.62. The molecule has 1 unspecified atom stereocenters. The Labute approximate surface area is 91.4 Å². The van der Waals surface area contributed by atoms with Crippen molar-refractivity contribution in [3.63, 3.8) is 0 Å². The summed E-state index contributed by atoms with van der Waals surface area (Å²) in [4.78, 5) is 29.2. The van der Waals surface area contributed by atoms with Crippen LogP contribution in [0.1, 0.15) is 28.4 Å². The van der Waals surface area contributed by atoms with Crippen LogP contribution in [0.25, 0.3) is 0 Å². The summed E-state index contributed by atoms with van der Waals surface area (Å²) in [6, 6.07) is 0. The fourth-order valence-electron chi connectivity index (χ4n) is 1.84. The molecule has 1 atom stereocenters. The number of nitrogens with one attached hydrogen (secondary N) is 1. The molecule has 1 saturated heterocycles. The fraction of sp³-hybridized carbons (Fsp3) is 0.444. The van der Waals surface area contributed by atoms with Gasteiger partial charge in [-0.25, -0.2) is 9.97 Å². The van der Waals surface area contributed by atoms with Crippen molar-refractivity contribution in [3.05, 3.63) is 22.4 Å². The summed E-state index contributed by atoms with van der Waals surface area (Å²) in [6.07, 6.45) is 2.38. The highest BCUT2D eigenvalue weighted by Crippen LogP contribution is 2.24. The molecule has 3 N–H and O–H groups in total. The van der Waals surface area contributed by atoms with Crippen molar-refractivity contribution >= 4 is 11.9 Å². The molecular formula is C9H11N5O2. The minimum atomic E-state index is -0.893. The quantitative estimate of drug-likeness (QED) is 0.682. The van der Waals surface area contributed by atoms with E-state index in [9.17, 15) is 9.70 Å². The Morgan fingerprint density at radius 1 is 1.62 bits per heavy atom. The predicted octanol–water partition coefficient (Wildman–Crippen LogP) is 0.0423. The molecule has 84 valence electrons. The summed E-state index contributed by atoms with van der Waals surface area (Å²) in [5, 5.41) is 5.54. The number of carbonyl (C=O) groups excluding carboxylic acids is 1. The van der Waals surface area contributed by atoms with Crippen molar-refractivity contribution in [1.82, 2.24) is 15.3 Å². The maximum absolute atomic E-state index is 11.3. The molecule has 0 aliphatic carbocycles. The number of carbonyl (C=O) groups is 1. The first kappa shape index (κ1) is 10.6. The van der Waals surface area contributed by atoms with E-state index in [-0.39, 0.29) is 17.6 Å². The zero-order valence-electron chi connectivity index (χ0n) is 8.51. The normalized spacial score (nSPS) is 19.6. The number of rotatable bonds is 2. The Balaban J connectivity index is 2.42. The Morgan fingerprint density at radius 2 is 2.44 bits per heavy atom. The Hall–Kier alpha value is -1.89. The van der Waals surface area contributed by atoms with Gasteiger partial charge in [-0.05, 0) is 13.0 Å². The minimum Gasteiger partial charge on any atom is -0.368 e. The predicted molar refractivity (Wildman–Crippen MR) is 56.8 cm³/mol. The van der Waals surface area contributed by atoms with Gasteiger partial charge in [0.05, 0.1) is 0 Å². The van der Waals surface area contributed by atoms with Crippen molar-refractivity contribution in [2.75, 3.05) is 18.8 Å². The van der Waals surface area contributed by atoms with Crippen LogP contribution >= 0.6 is 0 Å². The van der Waals surface area contributed by atoms with Crippen LogP contribution in [0.2, 0.25) is 0 Å². The number of nitrogen functional groups attached to an aromatic ring is 1. The topological polar surface area (TPSA) is 110 Å². The van der Waals surface area contributed by atoms with E-state index in [1.165, 1.54) is 6.20 Å². The van der Waals surface area contributed by atoms with E-state index in [1.807, 2.05) is 0 Å². The Morgan fingerprint density at radius 3 is 3.06 bits per heavy atom. The van der Waals surface area contributed by atoms with Gasteiger partial charge in [-0.2, -0.15) is 0 Å². The molecule has 0 radical (unpaired) electrons. The van der Waals surface area contributed by atoms with E-state index in [0.29, 0.717) is 5.56 Å². The van der Waals surface area contributed by atoms with Crippen LogP contribution in [0, 0.1) is 4.91 Å². The van der Waals surface area contributed by atoms with E-state index in [0.717, 1.165) is 19.5 Å². The van der Waals surface area contributed by atoms with Crippen LogP contribution in [0.15, 0.2) is 11.4 Å². The van der Waals surface area contributed by atoms with Crippen molar-refractivity contribution in [3.8, 4) is 0 Å². The molecule has 0 spiro atoms. The van der Waals surface area contributed by atoms with Crippen LogP contribution in [-0.2, 0) is 0 Å². The monoisotopic (exact) mass is 221 g/mol. The summed E-state index contributed by atoms with van der Waals surface area (Å²) < 4.78 is 0. The lowest BCUT2D eigenvalue weighted by molar-refractivity contribution is 0.0994. The third-order valence-corrected chi connectivity index (χ3v) is 2.62. The Kier molecular flexibility index (Phi) is 2.86. The first-order valence-corrected chi connectivity index (χ1v) is 4.93. The third kappa shape index (κ3) is 1.89. The van der Waals surface area contributed by atoms with Gasteiger partial charge in [0.2, 0.25) is 5.95 Å². The van der Waals surface area contributed by atoms with Crippen LogP contribution in [0.5, 0.6) is 0 Å². The van der Waals surface area contributed by atoms with Crippen molar-refractivity contribution < 1.29 is 4.79 Å². The van der Waals surface area contributed by atoms with Gasteiger partial charge in [-0.1, -0.05) is 0 Å². The van der Waals surface area contributed by atoms with E-state index in [1.54, 1.807) is 0 Å². The van der Waals surface area contributed by atoms with Gasteiger partial charge in [-0.15, -0.1) is 4.91 Å². The fourth-order valence-corrected chi connectivity index (χ4v) is 1.84. The third-order valence-electron chi connectivity index (χ3n) is 2.62. The van der Waals surface area contributed by atoms with Crippen molar-refractivity contribution in [2.24, 2.45) is 5.18 Å². The number of hydrogen-bond acceptors (Lipinski definition) is 6. The van der Waals surface area contributed by atoms with Crippen LogP contribution in [0.4, 0.5) is 5.95 Å². The maximum atomic E-state index is 11.3. The molecule has 2 heterocycles. The zero-order chi connectivity index (χ0) is 11.5. The standard InChI is InChI=1S/C9H11N5O2/c10-9-12-4-6(5-1-2-11-3-5)7(13-9)8(15)14-16/h4-5,11H,1-3H2,(H2,10,12,13). The van der Waals surface area contributed by atoms with Crippen molar-refractivity contribution in [2.45, 2.75) is 12.3 Å². The number of aromatic nitrogens is 2. The molecule has 0 aromatic carbocycles. The van der Waals surface area contributed by atoms with Gasteiger partial charge in [0.25, 0.3) is 0 Å². The second kappa shape index (κ2) is 4.31. The average Bonchev–Trinajstić information content (AvgIpc) is 2.81. The summed E-state index contributed by atoms with van der Waals surface area (Å²) in [5.74, 6) is -0.779.